The van der Waals surface area contributed by atoms with Crippen LogP contribution < -0.4 is 9.47 Å². The van der Waals surface area contributed by atoms with E-state index in [1.54, 1.807) is 12.2 Å². The largest absolute Gasteiger partial charge is 0.494 e. The number of aliphatic imine (C=N–C) groups is 1. The smallest absolute Gasteiger partial charge is 0.363 e. The number of ether oxygens (including phenoxy) is 3. The van der Waals surface area contributed by atoms with Crippen molar-refractivity contribution in [2.75, 3.05) is 13.2 Å². The summed E-state index contributed by atoms with van der Waals surface area (Å²) in [4.78, 5) is 16.6. The predicted octanol–water partition coefficient (Wildman–Crippen LogP) is 4.77. The van der Waals surface area contributed by atoms with Crippen LogP contribution in [-0.2, 0) is 9.53 Å². The van der Waals surface area contributed by atoms with Crippen molar-refractivity contribution in [2.24, 2.45) is 4.99 Å². The number of benzene rings is 2. The zero-order chi connectivity index (χ0) is 19.8. The fourth-order valence-corrected chi connectivity index (χ4v) is 2.59. The SMILES string of the molecule is C=CCOc1ccccc1/C=C1\N=C(c2ccc(OCCCC)cc2)OC1=O. The zero-order valence-electron chi connectivity index (χ0n) is 15.9. The molecule has 0 aromatic heterocycles. The Morgan fingerprint density at radius 1 is 1.11 bits per heavy atom. The minimum atomic E-state index is -0.489. The highest BCUT2D eigenvalue weighted by Crippen LogP contribution is 2.25. The first kappa shape index (κ1) is 19.4. The molecule has 0 aliphatic carbocycles. The number of unbranched alkanes of at least 4 members (excludes halogenated alkanes) is 1. The lowest BCUT2D eigenvalue weighted by Gasteiger charge is -2.06. The molecule has 0 N–H and O–H groups in total. The van der Waals surface area contributed by atoms with Gasteiger partial charge in [-0.1, -0.05) is 44.2 Å². The Morgan fingerprint density at radius 3 is 2.64 bits per heavy atom. The molecule has 1 aliphatic heterocycles. The van der Waals surface area contributed by atoms with E-state index in [9.17, 15) is 4.79 Å². The Morgan fingerprint density at radius 2 is 1.89 bits per heavy atom. The van der Waals surface area contributed by atoms with Gasteiger partial charge >= 0.3 is 5.97 Å². The van der Waals surface area contributed by atoms with Gasteiger partial charge in [-0.3, -0.25) is 0 Å². The maximum Gasteiger partial charge on any atom is 0.363 e. The number of nitrogens with zero attached hydrogens (tertiary/aromatic N) is 1. The molecular formula is C23H23NO4. The maximum atomic E-state index is 12.2. The average molecular weight is 377 g/mol. The average Bonchev–Trinajstić information content (AvgIpc) is 3.08. The minimum absolute atomic E-state index is 0.230. The number of rotatable bonds is 9. The normalized spacial score (nSPS) is 14.5. The van der Waals surface area contributed by atoms with Crippen LogP contribution in [0.5, 0.6) is 11.5 Å². The number of esters is 1. The number of cyclic esters (lactones) is 1. The van der Waals surface area contributed by atoms with Gasteiger partial charge in [0.25, 0.3) is 0 Å². The van der Waals surface area contributed by atoms with Crippen molar-refractivity contribution in [1.82, 2.24) is 0 Å². The van der Waals surface area contributed by atoms with Gasteiger partial charge in [0.15, 0.2) is 5.70 Å². The van der Waals surface area contributed by atoms with Gasteiger partial charge in [-0.15, -0.1) is 0 Å². The second kappa shape index (κ2) is 9.55. The molecule has 1 heterocycles. The molecule has 0 bridgehead atoms. The fourth-order valence-electron chi connectivity index (χ4n) is 2.59. The molecule has 2 aromatic rings. The summed E-state index contributed by atoms with van der Waals surface area (Å²) in [6, 6.07) is 14.8. The van der Waals surface area contributed by atoms with Gasteiger partial charge in [-0.05, 0) is 42.8 Å². The molecule has 1 aliphatic rings. The maximum absolute atomic E-state index is 12.2. The Bertz CT molecular complexity index is 897. The molecule has 2 aromatic carbocycles. The molecule has 5 heteroatoms. The summed E-state index contributed by atoms with van der Waals surface area (Å²) in [5.41, 5.74) is 1.70. The van der Waals surface area contributed by atoms with Gasteiger partial charge in [-0.2, -0.15) is 0 Å². The highest BCUT2D eigenvalue weighted by Gasteiger charge is 2.24. The summed E-state index contributed by atoms with van der Waals surface area (Å²) < 4.78 is 16.6. The zero-order valence-corrected chi connectivity index (χ0v) is 15.9. The highest BCUT2D eigenvalue weighted by molar-refractivity contribution is 6.13. The lowest BCUT2D eigenvalue weighted by atomic mass is 10.1. The first-order chi connectivity index (χ1) is 13.7. The van der Waals surface area contributed by atoms with Crippen molar-refractivity contribution in [3.63, 3.8) is 0 Å². The fraction of sp³-hybridized carbons (Fsp3) is 0.217. The molecule has 0 radical (unpaired) electrons. The molecule has 0 unspecified atom stereocenters. The van der Waals surface area contributed by atoms with E-state index in [2.05, 4.69) is 18.5 Å². The van der Waals surface area contributed by atoms with Crippen molar-refractivity contribution in [1.29, 1.82) is 0 Å². The van der Waals surface area contributed by atoms with Crippen LogP contribution in [0.25, 0.3) is 6.08 Å². The van der Waals surface area contributed by atoms with Crippen molar-refractivity contribution in [3.05, 3.63) is 78.0 Å². The van der Waals surface area contributed by atoms with E-state index in [-0.39, 0.29) is 11.6 Å². The van der Waals surface area contributed by atoms with Crippen molar-refractivity contribution in [2.45, 2.75) is 19.8 Å². The van der Waals surface area contributed by atoms with Crippen LogP contribution in [0.1, 0.15) is 30.9 Å². The highest BCUT2D eigenvalue weighted by atomic mass is 16.6. The Labute approximate surface area is 165 Å². The van der Waals surface area contributed by atoms with Gasteiger partial charge < -0.3 is 14.2 Å². The van der Waals surface area contributed by atoms with Crippen LogP contribution in [0, 0.1) is 0 Å². The second-order valence-corrected chi connectivity index (χ2v) is 6.20. The summed E-state index contributed by atoms with van der Waals surface area (Å²) >= 11 is 0. The monoisotopic (exact) mass is 377 g/mol. The minimum Gasteiger partial charge on any atom is -0.494 e. The topological polar surface area (TPSA) is 57.1 Å². The van der Waals surface area contributed by atoms with Crippen LogP contribution in [0.3, 0.4) is 0 Å². The quantitative estimate of drug-likeness (QED) is 0.273. The van der Waals surface area contributed by atoms with Crippen LogP contribution in [-0.4, -0.2) is 25.1 Å². The molecular weight excluding hydrogens is 354 g/mol. The van der Waals surface area contributed by atoms with Gasteiger partial charge in [-0.25, -0.2) is 9.79 Å². The number of carbonyl (C=O) groups excluding carboxylic acids is 1. The summed E-state index contributed by atoms with van der Waals surface area (Å²) in [6.07, 6.45) is 5.43. The van der Waals surface area contributed by atoms with E-state index in [4.69, 9.17) is 14.2 Å². The van der Waals surface area contributed by atoms with Crippen molar-refractivity contribution >= 4 is 17.9 Å². The molecule has 0 saturated heterocycles. The third kappa shape index (κ3) is 4.88. The van der Waals surface area contributed by atoms with Crippen LogP contribution in [0.15, 0.2) is 71.9 Å². The summed E-state index contributed by atoms with van der Waals surface area (Å²) in [5.74, 6) is 1.23. The molecule has 0 fully saturated rings. The Kier molecular flexibility index (Phi) is 6.63. The second-order valence-electron chi connectivity index (χ2n) is 6.20. The number of para-hydroxylation sites is 1. The molecule has 0 spiro atoms. The molecule has 0 saturated carbocycles. The molecule has 3 rings (SSSR count). The van der Waals surface area contributed by atoms with Crippen LogP contribution >= 0.6 is 0 Å². The van der Waals surface area contributed by atoms with Gasteiger partial charge in [0.2, 0.25) is 5.90 Å². The summed E-state index contributed by atoms with van der Waals surface area (Å²) in [5, 5.41) is 0. The van der Waals surface area contributed by atoms with E-state index >= 15 is 0 Å². The molecule has 0 atom stereocenters. The number of hydrogen-bond acceptors (Lipinski definition) is 5. The first-order valence-electron chi connectivity index (χ1n) is 9.29. The molecule has 5 nitrogen and oxygen atoms in total. The number of carbonyl (C=O) groups is 1. The molecule has 28 heavy (non-hydrogen) atoms. The third-order valence-corrected chi connectivity index (χ3v) is 4.06. The molecule has 144 valence electrons. The third-order valence-electron chi connectivity index (χ3n) is 4.06. The molecule has 0 amide bonds. The van der Waals surface area contributed by atoms with E-state index in [1.807, 2.05) is 48.5 Å². The van der Waals surface area contributed by atoms with Gasteiger partial charge in [0, 0.05) is 11.1 Å². The van der Waals surface area contributed by atoms with Crippen molar-refractivity contribution in [3.8, 4) is 11.5 Å². The summed E-state index contributed by atoms with van der Waals surface area (Å²) in [7, 11) is 0. The Hall–Kier alpha value is -3.34. The Balaban J connectivity index is 1.77. The standard InChI is InChI=1S/C23H23NO4/c1-3-5-15-26-19-12-10-17(11-13-19)22-24-20(23(25)28-22)16-18-8-6-7-9-21(18)27-14-4-2/h4,6-13,16H,2-3,5,14-15H2,1H3/b20-16-. The lowest BCUT2D eigenvalue weighted by molar-refractivity contribution is -0.129. The lowest BCUT2D eigenvalue weighted by Crippen LogP contribution is -2.05. The van der Waals surface area contributed by atoms with E-state index < -0.39 is 5.97 Å². The van der Waals surface area contributed by atoms with Gasteiger partial charge in [0.05, 0.1) is 6.61 Å². The van der Waals surface area contributed by atoms with E-state index in [1.165, 1.54) is 0 Å². The first-order valence-corrected chi connectivity index (χ1v) is 9.29. The van der Waals surface area contributed by atoms with Crippen LogP contribution in [0.4, 0.5) is 0 Å². The van der Waals surface area contributed by atoms with E-state index in [0.29, 0.717) is 19.0 Å². The predicted molar refractivity (Wildman–Crippen MR) is 110 cm³/mol. The van der Waals surface area contributed by atoms with Gasteiger partial charge in [0.1, 0.15) is 18.1 Å². The summed E-state index contributed by atoms with van der Waals surface area (Å²) in [6.45, 7) is 6.83. The number of hydrogen-bond donors (Lipinski definition) is 0. The van der Waals surface area contributed by atoms with E-state index in [0.717, 1.165) is 29.7 Å². The van der Waals surface area contributed by atoms with Crippen LogP contribution in [0.2, 0.25) is 0 Å². The van der Waals surface area contributed by atoms with Crippen molar-refractivity contribution < 1.29 is 19.0 Å².